The molecule has 4 heteroatoms. The van der Waals surface area contributed by atoms with Gasteiger partial charge >= 0.3 is 0 Å². The van der Waals surface area contributed by atoms with Crippen LogP contribution in [-0.4, -0.2) is 12.9 Å². The van der Waals surface area contributed by atoms with Crippen LogP contribution >= 0.6 is 11.8 Å². The lowest BCUT2D eigenvalue weighted by molar-refractivity contribution is -0.118. The van der Waals surface area contributed by atoms with Crippen molar-refractivity contribution >= 4 is 17.5 Å². The Morgan fingerprint density at radius 2 is 1.81 bits per heavy atom. The van der Waals surface area contributed by atoms with Crippen molar-refractivity contribution < 1.29 is 14.3 Å². The number of benzene rings is 2. The number of methoxy groups -OCH3 is 1. The zero-order valence-corrected chi connectivity index (χ0v) is 16.1. The molecule has 3 nitrogen and oxygen atoms in total. The third kappa shape index (κ3) is 3.14. The molecule has 0 amide bonds. The summed E-state index contributed by atoms with van der Waals surface area (Å²) < 4.78 is 11.4. The van der Waals surface area contributed by atoms with Crippen molar-refractivity contribution in [2.75, 3.05) is 7.11 Å². The van der Waals surface area contributed by atoms with Crippen LogP contribution in [0.25, 0.3) is 0 Å². The maximum absolute atomic E-state index is 13.0. The number of carbonyl (C=O) groups excluding carboxylic acids is 1. The van der Waals surface area contributed by atoms with Gasteiger partial charge in [-0.1, -0.05) is 32.0 Å². The van der Waals surface area contributed by atoms with Gasteiger partial charge in [0.15, 0.2) is 5.78 Å². The Morgan fingerprint density at radius 1 is 1.08 bits per heavy atom. The van der Waals surface area contributed by atoms with E-state index in [2.05, 4.69) is 19.9 Å². The van der Waals surface area contributed by atoms with Crippen molar-refractivity contribution in [1.29, 1.82) is 0 Å². The normalized spacial score (nSPS) is 20.9. The van der Waals surface area contributed by atoms with Gasteiger partial charge < -0.3 is 9.47 Å². The second kappa shape index (κ2) is 6.51. The highest BCUT2D eigenvalue weighted by atomic mass is 32.2. The van der Waals surface area contributed by atoms with Crippen LogP contribution in [0.5, 0.6) is 11.5 Å². The van der Waals surface area contributed by atoms with Gasteiger partial charge in [-0.25, -0.2) is 0 Å². The van der Waals surface area contributed by atoms with Crippen molar-refractivity contribution in [3.05, 3.63) is 65.4 Å². The molecule has 2 aliphatic rings. The Labute approximate surface area is 158 Å². The molecule has 0 bridgehead atoms. The van der Waals surface area contributed by atoms with Gasteiger partial charge in [-0.15, -0.1) is 11.8 Å². The topological polar surface area (TPSA) is 35.5 Å². The van der Waals surface area contributed by atoms with Crippen LogP contribution < -0.4 is 9.47 Å². The first-order valence-electron chi connectivity index (χ1n) is 8.80. The molecular formula is C22H22O3S. The molecule has 4 rings (SSSR count). The lowest BCUT2D eigenvalue weighted by Crippen LogP contribution is -2.31. The van der Waals surface area contributed by atoms with Crippen LogP contribution in [0.3, 0.4) is 0 Å². The fourth-order valence-corrected chi connectivity index (χ4v) is 4.92. The average Bonchev–Trinajstić information content (AvgIpc) is 2.60. The van der Waals surface area contributed by atoms with Crippen molar-refractivity contribution in [1.82, 2.24) is 0 Å². The van der Waals surface area contributed by atoms with E-state index in [0.717, 1.165) is 39.7 Å². The van der Waals surface area contributed by atoms with Crippen molar-refractivity contribution in [3.8, 4) is 11.5 Å². The van der Waals surface area contributed by atoms with E-state index < -0.39 is 0 Å². The van der Waals surface area contributed by atoms with Crippen molar-refractivity contribution in [2.24, 2.45) is 5.41 Å². The summed E-state index contributed by atoms with van der Waals surface area (Å²) in [7, 11) is 1.66. The standard InChI is InChI=1S/C22H22O3S/c1-22(2)12-17(23)20-19(13-22)25-18-7-5-4-6-16(18)21(20)26-15-10-8-14(24-3)9-11-15/h4-11,21H,12-13H2,1-3H3. The first-order chi connectivity index (χ1) is 12.5. The minimum absolute atomic E-state index is 0.0352. The predicted molar refractivity (Wildman–Crippen MR) is 104 cm³/mol. The number of para-hydroxylation sites is 1. The molecule has 0 N–H and O–H groups in total. The van der Waals surface area contributed by atoms with Gasteiger partial charge in [0.05, 0.1) is 17.9 Å². The number of Topliss-reactive ketones (excluding diaryl/α,β-unsaturated/α-hetero) is 1. The Bertz CT molecular complexity index is 881. The second-order valence-electron chi connectivity index (χ2n) is 7.59. The predicted octanol–water partition coefficient (Wildman–Crippen LogP) is 5.56. The summed E-state index contributed by atoms with van der Waals surface area (Å²) in [6.07, 6.45) is 1.36. The SMILES string of the molecule is COc1ccc(SC2C3=C(CC(C)(C)CC3=O)Oc3ccccc32)cc1. The smallest absolute Gasteiger partial charge is 0.164 e. The summed E-state index contributed by atoms with van der Waals surface area (Å²) in [6, 6.07) is 16.0. The van der Waals surface area contributed by atoms with Gasteiger partial charge in [0.25, 0.3) is 0 Å². The molecule has 2 aromatic carbocycles. The van der Waals surface area contributed by atoms with E-state index in [9.17, 15) is 4.79 Å². The molecule has 0 spiro atoms. The van der Waals surface area contributed by atoms with Gasteiger partial charge in [0, 0.05) is 23.3 Å². The van der Waals surface area contributed by atoms with Crippen molar-refractivity contribution in [2.45, 2.75) is 36.8 Å². The lowest BCUT2D eigenvalue weighted by atomic mass is 9.74. The second-order valence-corrected chi connectivity index (χ2v) is 8.77. The molecule has 1 aliphatic heterocycles. The summed E-state index contributed by atoms with van der Waals surface area (Å²) in [5.41, 5.74) is 1.85. The fraction of sp³-hybridized carbons (Fsp3) is 0.318. The number of rotatable bonds is 3. The average molecular weight is 366 g/mol. The van der Waals surface area contributed by atoms with Crippen LogP contribution in [0.1, 0.15) is 37.5 Å². The van der Waals surface area contributed by atoms with E-state index in [1.54, 1.807) is 18.9 Å². The number of ether oxygens (including phenoxy) is 2. The molecule has 0 fully saturated rings. The Morgan fingerprint density at radius 3 is 2.54 bits per heavy atom. The molecule has 134 valence electrons. The molecule has 0 aromatic heterocycles. The first kappa shape index (κ1) is 17.2. The molecule has 0 saturated carbocycles. The number of thioether (sulfide) groups is 1. The van der Waals surface area contributed by atoms with E-state index in [4.69, 9.17) is 9.47 Å². The zero-order valence-electron chi connectivity index (χ0n) is 15.2. The Kier molecular flexibility index (Phi) is 4.31. The number of allylic oxidation sites excluding steroid dienone is 1. The minimum atomic E-state index is -0.0580. The van der Waals surface area contributed by atoms with Gasteiger partial charge in [-0.2, -0.15) is 0 Å². The number of hydrogen-bond donors (Lipinski definition) is 0. The molecule has 1 heterocycles. The molecule has 1 atom stereocenters. The number of carbonyl (C=O) groups is 1. The largest absolute Gasteiger partial charge is 0.497 e. The van der Waals surface area contributed by atoms with Crippen LogP contribution in [0.2, 0.25) is 0 Å². The zero-order chi connectivity index (χ0) is 18.3. The number of fused-ring (bicyclic) bond motifs is 1. The molecule has 2 aromatic rings. The third-order valence-electron chi connectivity index (χ3n) is 4.89. The Hall–Kier alpha value is -2.20. The minimum Gasteiger partial charge on any atom is -0.497 e. The molecular weight excluding hydrogens is 344 g/mol. The highest BCUT2D eigenvalue weighted by Gasteiger charge is 2.41. The summed E-state index contributed by atoms with van der Waals surface area (Å²) in [5.74, 6) is 2.74. The highest BCUT2D eigenvalue weighted by molar-refractivity contribution is 7.99. The quantitative estimate of drug-likeness (QED) is 0.712. The molecule has 0 saturated heterocycles. The van der Waals surface area contributed by atoms with Crippen LogP contribution in [0.4, 0.5) is 0 Å². The summed E-state index contributed by atoms with van der Waals surface area (Å²) in [6.45, 7) is 4.26. The van der Waals surface area contributed by atoms with Gasteiger partial charge in [0.1, 0.15) is 17.3 Å². The Balaban J connectivity index is 1.76. The van der Waals surface area contributed by atoms with E-state index in [1.807, 2.05) is 42.5 Å². The van der Waals surface area contributed by atoms with E-state index in [-0.39, 0.29) is 16.4 Å². The van der Waals surface area contributed by atoms with Crippen LogP contribution in [-0.2, 0) is 4.79 Å². The summed E-state index contributed by atoms with van der Waals surface area (Å²) in [5, 5.41) is -0.0352. The maximum atomic E-state index is 13.0. The fourth-order valence-electron chi connectivity index (χ4n) is 3.65. The van der Waals surface area contributed by atoms with Crippen LogP contribution in [0, 0.1) is 5.41 Å². The van der Waals surface area contributed by atoms with Gasteiger partial charge in [-0.3, -0.25) is 4.79 Å². The molecule has 1 aliphatic carbocycles. The molecule has 1 unspecified atom stereocenters. The van der Waals surface area contributed by atoms with E-state index in [1.165, 1.54) is 0 Å². The highest BCUT2D eigenvalue weighted by Crippen LogP contribution is 2.53. The van der Waals surface area contributed by atoms with Gasteiger partial charge in [0.2, 0.25) is 0 Å². The monoisotopic (exact) mass is 366 g/mol. The number of ketones is 1. The summed E-state index contributed by atoms with van der Waals surface area (Å²) in [4.78, 5) is 14.1. The van der Waals surface area contributed by atoms with E-state index in [0.29, 0.717) is 6.42 Å². The lowest BCUT2D eigenvalue weighted by Gasteiger charge is -2.37. The summed E-state index contributed by atoms with van der Waals surface area (Å²) >= 11 is 1.70. The molecule has 0 radical (unpaired) electrons. The van der Waals surface area contributed by atoms with Gasteiger partial charge in [-0.05, 0) is 35.7 Å². The molecule has 26 heavy (non-hydrogen) atoms. The maximum Gasteiger partial charge on any atom is 0.164 e. The van der Waals surface area contributed by atoms with Crippen LogP contribution in [0.15, 0.2) is 64.8 Å². The number of hydrogen-bond acceptors (Lipinski definition) is 4. The van der Waals surface area contributed by atoms with E-state index >= 15 is 0 Å². The van der Waals surface area contributed by atoms with Crippen molar-refractivity contribution in [3.63, 3.8) is 0 Å². The first-order valence-corrected chi connectivity index (χ1v) is 9.68. The third-order valence-corrected chi connectivity index (χ3v) is 6.16.